The first-order chi connectivity index (χ1) is 19.5. The van der Waals surface area contributed by atoms with Crippen molar-refractivity contribution in [2.75, 3.05) is 13.2 Å². The fourth-order valence-corrected chi connectivity index (χ4v) is 7.63. The Kier molecular flexibility index (Phi) is 8.12. The molecule has 0 aliphatic carbocycles. The number of hydrogen-bond acceptors (Lipinski definition) is 12. The van der Waals surface area contributed by atoms with Crippen molar-refractivity contribution in [2.24, 2.45) is 0 Å². The maximum atomic E-state index is 15.9. The van der Waals surface area contributed by atoms with Crippen molar-refractivity contribution in [3.63, 3.8) is 0 Å². The number of aryl methyl sites for hydroxylation is 1. The largest absolute Gasteiger partial charge is 0.346 e. The molecule has 6 rings (SSSR count). The number of imidazole rings is 1. The predicted octanol–water partition coefficient (Wildman–Crippen LogP) is 2.67. The molecule has 41 heavy (non-hydrogen) atoms. The molecule has 14 nitrogen and oxygen atoms in total. The van der Waals surface area contributed by atoms with Crippen LogP contribution in [0.5, 0.6) is 0 Å². The van der Waals surface area contributed by atoms with Gasteiger partial charge in [-0.05, 0) is 36.6 Å². The van der Waals surface area contributed by atoms with Gasteiger partial charge in [0.1, 0.15) is 18.0 Å². The molecule has 2 unspecified atom stereocenters. The van der Waals surface area contributed by atoms with E-state index in [1.807, 2.05) is 12.3 Å². The third-order valence-electron chi connectivity index (χ3n) is 6.41. The Morgan fingerprint density at radius 1 is 1.24 bits per heavy atom. The number of alkyl halides is 1. The van der Waals surface area contributed by atoms with Gasteiger partial charge in [-0.15, -0.1) is 11.3 Å². The second-order valence-corrected chi connectivity index (χ2v) is 15.7. The molecule has 0 radical (unpaired) electrons. The summed E-state index contributed by atoms with van der Waals surface area (Å²) in [4.78, 5) is 49.9. The van der Waals surface area contributed by atoms with E-state index in [1.54, 1.807) is 23.2 Å². The Labute approximate surface area is 245 Å². The van der Waals surface area contributed by atoms with E-state index in [0.29, 0.717) is 11.5 Å². The zero-order valence-corrected chi connectivity index (χ0v) is 25.3. The van der Waals surface area contributed by atoms with Crippen LogP contribution in [0.3, 0.4) is 0 Å². The van der Waals surface area contributed by atoms with Gasteiger partial charge in [0.25, 0.3) is 5.56 Å². The number of halogens is 1. The van der Waals surface area contributed by atoms with Gasteiger partial charge in [0.2, 0.25) is 0 Å². The number of fused-ring (bicyclic) bond motifs is 4. The second kappa shape index (κ2) is 11.4. The molecule has 1 fully saturated rings. The molecule has 6 atom stereocenters. The van der Waals surface area contributed by atoms with Gasteiger partial charge in [0.05, 0.1) is 36.5 Å². The van der Waals surface area contributed by atoms with E-state index in [1.165, 1.54) is 22.2 Å². The highest BCUT2D eigenvalue weighted by atomic mass is 32.5. The topological polar surface area (TPSA) is 168 Å². The first-order valence-corrected chi connectivity index (χ1v) is 18.1. The van der Waals surface area contributed by atoms with Gasteiger partial charge in [-0.3, -0.25) is 18.9 Å². The smallest absolute Gasteiger partial charge is 0.325 e. The number of rotatable bonds is 2. The Bertz CT molecular complexity index is 1730. The van der Waals surface area contributed by atoms with Gasteiger partial charge in [0, 0.05) is 30.2 Å². The molecule has 3 N–H and O–H groups in total. The van der Waals surface area contributed by atoms with Crippen molar-refractivity contribution in [1.82, 2.24) is 29.1 Å². The number of thiazole rings is 1. The molecule has 0 saturated carbocycles. The Hall–Kier alpha value is -1.79. The zero-order chi connectivity index (χ0) is 28.9. The lowest BCUT2D eigenvalue weighted by atomic mass is 10.1. The van der Waals surface area contributed by atoms with Crippen LogP contribution in [-0.2, 0) is 59.6 Å². The van der Waals surface area contributed by atoms with Crippen LogP contribution in [0.25, 0.3) is 21.6 Å². The van der Waals surface area contributed by atoms with Crippen molar-refractivity contribution >= 4 is 59.6 Å². The molecule has 0 aromatic carbocycles. The van der Waals surface area contributed by atoms with Crippen LogP contribution < -0.4 is 5.56 Å². The molecule has 0 amide bonds. The van der Waals surface area contributed by atoms with Gasteiger partial charge in [0.15, 0.2) is 23.6 Å². The highest BCUT2D eigenvalue weighted by Gasteiger charge is 2.50. The zero-order valence-electron chi connectivity index (χ0n) is 21.1. The van der Waals surface area contributed by atoms with Crippen LogP contribution >= 0.6 is 24.8 Å². The number of ether oxygens (including phenoxy) is 1. The van der Waals surface area contributed by atoms with E-state index in [9.17, 15) is 14.6 Å². The van der Waals surface area contributed by atoms with Gasteiger partial charge >= 0.3 is 13.4 Å². The average molecular weight is 665 g/mol. The normalized spacial score (nSPS) is 31.5. The van der Waals surface area contributed by atoms with E-state index in [0.717, 1.165) is 10.4 Å². The number of aromatic nitrogens is 6. The highest BCUT2D eigenvalue weighted by molar-refractivity contribution is 8.07. The van der Waals surface area contributed by atoms with E-state index < -0.39 is 50.2 Å². The summed E-state index contributed by atoms with van der Waals surface area (Å²) in [5.41, 5.74) is 2.72. The van der Waals surface area contributed by atoms with Crippen LogP contribution in [0, 0.1) is 6.92 Å². The molecule has 220 valence electrons. The molecule has 0 spiro atoms. The number of H-pyrrole nitrogens is 1. The van der Waals surface area contributed by atoms with Crippen LogP contribution in [0.15, 0.2) is 35.1 Å². The molecule has 4 aromatic rings. The SMILES string of the molecule is Cc1nc2c(ncn2[C@@H]2O[C@@H]3COP(O)(=S)OCCn4cc(-c5cncs5)cc4COP(O)(=S)O[C@@H]2[C@@H]3F)c(=O)[nH]1. The fourth-order valence-electron chi connectivity index (χ4n) is 4.56. The van der Waals surface area contributed by atoms with Gasteiger partial charge in [-0.1, -0.05) is 0 Å². The monoisotopic (exact) mass is 664 g/mol. The maximum absolute atomic E-state index is 15.9. The van der Waals surface area contributed by atoms with Gasteiger partial charge < -0.3 is 37.6 Å². The summed E-state index contributed by atoms with van der Waals surface area (Å²) in [5.74, 6) is 0.292. The summed E-state index contributed by atoms with van der Waals surface area (Å²) in [5, 5.41) is 0. The molecule has 2 aliphatic rings. The Morgan fingerprint density at radius 2 is 2.07 bits per heavy atom. The summed E-state index contributed by atoms with van der Waals surface area (Å²) in [6.45, 7) is -6.74. The maximum Gasteiger partial charge on any atom is 0.325 e. The van der Waals surface area contributed by atoms with Crippen molar-refractivity contribution in [2.45, 2.75) is 44.7 Å². The second-order valence-electron chi connectivity index (χ2n) is 9.17. The summed E-state index contributed by atoms with van der Waals surface area (Å²) in [6, 6.07) is 1.82. The molecule has 6 heterocycles. The summed E-state index contributed by atoms with van der Waals surface area (Å²) in [6.07, 6.45) is -1.28. The molecule has 1 saturated heterocycles. The van der Waals surface area contributed by atoms with E-state index in [-0.39, 0.29) is 30.9 Å². The predicted molar refractivity (Wildman–Crippen MR) is 152 cm³/mol. The van der Waals surface area contributed by atoms with Crippen molar-refractivity contribution < 1.29 is 37.0 Å². The van der Waals surface area contributed by atoms with Crippen LogP contribution in [0.1, 0.15) is 17.7 Å². The lowest BCUT2D eigenvalue weighted by Gasteiger charge is -2.25. The first kappa shape index (κ1) is 29.3. The molecular formula is C21H23FN6O8P2S3. The molecule has 20 heteroatoms. The first-order valence-electron chi connectivity index (χ1n) is 12.1. The quantitative estimate of drug-likeness (QED) is 0.268. The van der Waals surface area contributed by atoms with Crippen molar-refractivity contribution in [1.29, 1.82) is 0 Å². The van der Waals surface area contributed by atoms with Crippen molar-refractivity contribution in [3.05, 3.63) is 52.2 Å². The number of hydrogen-bond donors (Lipinski definition) is 3. The summed E-state index contributed by atoms with van der Waals surface area (Å²) < 4.78 is 47.2. The number of aromatic amines is 1. The average Bonchev–Trinajstić information content (AvgIpc) is 3.69. The Balaban J connectivity index is 1.35. The third kappa shape index (κ3) is 6.16. The van der Waals surface area contributed by atoms with E-state index >= 15 is 4.39 Å². The Morgan fingerprint density at radius 3 is 2.85 bits per heavy atom. The molecule has 2 bridgehead atoms. The standard InChI is InChI=1S/C21H23FN6O8P2S3/c1-11-25-19-17(20(29)26-11)24-9-28(19)21-18-16(22)14(35-21)8-34-37(30,39)32-3-2-27-6-12(15-5-23-10-41-15)4-13(27)7-33-38(31,40)36-18/h4-6,9-10,14,16,18,21H,2-3,7-8H2,1H3,(H,30,39)(H,31,40)(H,25,26,29)/t14-,16-,18-,21-,37?,38?/m1/s1. The minimum Gasteiger partial charge on any atom is -0.346 e. The van der Waals surface area contributed by atoms with Gasteiger partial charge in [-0.2, -0.15) is 0 Å². The minimum absolute atomic E-state index is 0.00773. The minimum atomic E-state index is -4.07. The van der Waals surface area contributed by atoms with E-state index in [4.69, 9.17) is 46.4 Å². The lowest BCUT2D eigenvalue weighted by molar-refractivity contribution is -0.0464. The van der Waals surface area contributed by atoms with E-state index in [2.05, 4.69) is 19.9 Å². The summed E-state index contributed by atoms with van der Waals surface area (Å²) >= 11 is 11.8. The molecule has 2 aliphatic heterocycles. The molecule has 4 aromatic heterocycles. The lowest BCUT2D eigenvalue weighted by Crippen LogP contribution is -2.32. The van der Waals surface area contributed by atoms with Crippen LogP contribution in [0.4, 0.5) is 4.39 Å². The number of nitrogens with zero attached hydrogens (tertiary/aromatic N) is 5. The van der Waals surface area contributed by atoms with Gasteiger partial charge in [-0.25, -0.2) is 14.4 Å². The van der Waals surface area contributed by atoms with Crippen molar-refractivity contribution in [3.8, 4) is 10.4 Å². The fraction of sp³-hybridized carbons (Fsp3) is 0.429. The third-order valence-corrected chi connectivity index (χ3v) is 10.4. The van der Waals surface area contributed by atoms with Crippen LogP contribution in [-0.4, -0.2) is 70.5 Å². The number of nitrogens with one attached hydrogen (secondary N) is 1. The molecular weight excluding hydrogens is 641 g/mol. The highest BCUT2D eigenvalue weighted by Crippen LogP contribution is 2.52. The van der Waals surface area contributed by atoms with Crippen LogP contribution in [0.2, 0.25) is 0 Å². The summed E-state index contributed by atoms with van der Waals surface area (Å²) in [7, 11) is 0.